The summed E-state index contributed by atoms with van der Waals surface area (Å²) in [5.74, 6) is 1.46. The molecule has 0 fully saturated rings. The normalized spacial score (nSPS) is 10.7. The number of methoxy groups -OCH3 is 2. The molecule has 0 aliphatic heterocycles. The van der Waals surface area contributed by atoms with Crippen molar-refractivity contribution in [3.8, 4) is 22.6 Å². The number of aryl methyl sites for hydroxylation is 1. The van der Waals surface area contributed by atoms with E-state index < -0.39 is 0 Å². The minimum atomic E-state index is -0.130. The smallest absolute Gasteiger partial charge is 0.251 e. The maximum absolute atomic E-state index is 12.6. The molecule has 0 aliphatic rings. The first-order chi connectivity index (χ1) is 15.1. The molecule has 0 unspecified atom stereocenters. The third-order valence-electron chi connectivity index (χ3n) is 5.41. The fourth-order valence-corrected chi connectivity index (χ4v) is 3.72. The molecule has 5 heteroatoms. The predicted octanol–water partition coefficient (Wildman–Crippen LogP) is 5.16. The van der Waals surface area contributed by atoms with E-state index in [1.165, 1.54) is 0 Å². The Morgan fingerprint density at radius 1 is 0.935 bits per heavy atom. The first-order valence-electron chi connectivity index (χ1n) is 10.0. The molecule has 0 saturated heterocycles. The van der Waals surface area contributed by atoms with Crippen LogP contribution in [-0.2, 0) is 6.54 Å². The number of hydrogen-bond acceptors (Lipinski definition) is 4. The number of ether oxygens (including phenoxy) is 2. The van der Waals surface area contributed by atoms with E-state index in [0.29, 0.717) is 12.1 Å². The van der Waals surface area contributed by atoms with Crippen molar-refractivity contribution in [2.45, 2.75) is 13.5 Å². The third kappa shape index (κ3) is 4.21. The molecule has 0 aliphatic carbocycles. The maximum Gasteiger partial charge on any atom is 0.251 e. The highest BCUT2D eigenvalue weighted by Crippen LogP contribution is 2.33. The summed E-state index contributed by atoms with van der Waals surface area (Å²) in [5, 5.41) is 5.11. The third-order valence-corrected chi connectivity index (χ3v) is 5.41. The lowest BCUT2D eigenvalue weighted by molar-refractivity contribution is 0.0951. The first kappa shape index (κ1) is 20.4. The van der Waals surface area contributed by atoms with Gasteiger partial charge in [-0.3, -0.25) is 9.78 Å². The Morgan fingerprint density at radius 2 is 1.74 bits per heavy atom. The molecule has 1 aromatic heterocycles. The molecule has 0 saturated carbocycles. The number of amides is 1. The highest BCUT2D eigenvalue weighted by atomic mass is 16.5. The van der Waals surface area contributed by atoms with Crippen molar-refractivity contribution in [3.05, 3.63) is 89.7 Å². The SMILES string of the molecule is COc1ccc(C(=O)NCc2ccc(-c3ccc(OC)c(C)c3)c3ccncc23)cc1. The van der Waals surface area contributed by atoms with E-state index in [0.717, 1.165) is 44.5 Å². The second-order valence-corrected chi connectivity index (χ2v) is 7.29. The predicted molar refractivity (Wildman–Crippen MR) is 123 cm³/mol. The van der Waals surface area contributed by atoms with Crippen LogP contribution in [0.4, 0.5) is 0 Å². The number of hydrogen-bond donors (Lipinski definition) is 1. The molecule has 5 nitrogen and oxygen atoms in total. The van der Waals surface area contributed by atoms with Crippen LogP contribution >= 0.6 is 0 Å². The Morgan fingerprint density at radius 3 is 2.45 bits per heavy atom. The van der Waals surface area contributed by atoms with Crippen molar-refractivity contribution in [3.63, 3.8) is 0 Å². The molecule has 1 N–H and O–H groups in total. The van der Waals surface area contributed by atoms with Gasteiger partial charge in [-0.05, 0) is 77.0 Å². The van der Waals surface area contributed by atoms with E-state index in [1.807, 2.05) is 31.3 Å². The minimum Gasteiger partial charge on any atom is -0.497 e. The molecule has 3 aromatic carbocycles. The van der Waals surface area contributed by atoms with Crippen LogP contribution in [0.2, 0.25) is 0 Å². The lowest BCUT2D eigenvalue weighted by Crippen LogP contribution is -2.22. The molecule has 156 valence electrons. The zero-order valence-electron chi connectivity index (χ0n) is 17.8. The van der Waals surface area contributed by atoms with Crippen molar-refractivity contribution >= 4 is 16.7 Å². The summed E-state index contributed by atoms with van der Waals surface area (Å²) >= 11 is 0. The van der Waals surface area contributed by atoms with Gasteiger partial charge in [-0.1, -0.05) is 18.2 Å². The number of benzene rings is 3. The minimum absolute atomic E-state index is 0.130. The number of carbonyl (C=O) groups is 1. The van der Waals surface area contributed by atoms with E-state index >= 15 is 0 Å². The summed E-state index contributed by atoms with van der Waals surface area (Å²) in [5.41, 5.74) is 4.92. The number of rotatable bonds is 6. The molecule has 1 heterocycles. The van der Waals surface area contributed by atoms with Crippen LogP contribution < -0.4 is 14.8 Å². The Labute approximate surface area is 181 Å². The maximum atomic E-state index is 12.6. The Hall–Kier alpha value is -3.86. The lowest BCUT2D eigenvalue weighted by Gasteiger charge is -2.13. The van der Waals surface area contributed by atoms with Crippen molar-refractivity contribution < 1.29 is 14.3 Å². The second-order valence-electron chi connectivity index (χ2n) is 7.29. The average Bonchev–Trinajstić information content (AvgIpc) is 2.82. The number of nitrogens with one attached hydrogen (secondary N) is 1. The molecular weight excluding hydrogens is 388 g/mol. The molecule has 0 radical (unpaired) electrons. The fourth-order valence-electron chi connectivity index (χ4n) is 3.72. The van der Waals surface area contributed by atoms with Crippen LogP contribution in [0.5, 0.6) is 11.5 Å². The van der Waals surface area contributed by atoms with Gasteiger partial charge in [-0.25, -0.2) is 0 Å². The highest BCUT2D eigenvalue weighted by molar-refractivity contribution is 5.99. The van der Waals surface area contributed by atoms with Crippen molar-refractivity contribution in [2.75, 3.05) is 14.2 Å². The molecule has 4 rings (SSSR count). The average molecular weight is 412 g/mol. The molecule has 0 spiro atoms. The zero-order valence-corrected chi connectivity index (χ0v) is 17.8. The van der Waals surface area contributed by atoms with E-state index in [1.54, 1.807) is 44.7 Å². The van der Waals surface area contributed by atoms with Gasteiger partial charge in [0.2, 0.25) is 0 Å². The Kier molecular flexibility index (Phi) is 5.85. The number of nitrogens with zero attached hydrogens (tertiary/aromatic N) is 1. The lowest BCUT2D eigenvalue weighted by atomic mass is 9.95. The molecule has 0 atom stereocenters. The van der Waals surface area contributed by atoms with E-state index in [-0.39, 0.29) is 5.91 Å². The second kappa shape index (κ2) is 8.88. The molecule has 4 aromatic rings. The first-order valence-corrected chi connectivity index (χ1v) is 10.0. The Balaban J connectivity index is 1.62. The van der Waals surface area contributed by atoms with Gasteiger partial charge in [-0.15, -0.1) is 0 Å². The van der Waals surface area contributed by atoms with Crippen LogP contribution in [0.25, 0.3) is 21.9 Å². The van der Waals surface area contributed by atoms with Gasteiger partial charge in [0.1, 0.15) is 11.5 Å². The van der Waals surface area contributed by atoms with E-state index in [2.05, 4.69) is 28.5 Å². The topological polar surface area (TPSA) is 60.5 Å². The van der Waals surface area contributed by atoms with Gasteiger partial charge >= 0.3 is 0 Å². The standard InChI is InChI=1S/C26H24N2O3/c1-17-14-19(7-11-25(17)31-3)22-10-6-20(24-16-27-13-12-23(22)24)15-28-26(29)18-4-8-21(30-2)9-5-18/h4-14,16H,15H2,1-3H3,(H,28,29). The number of fused-ring (bicyclic) bond motifs is 1. The molecule has 31 heavy (non-hydrogen) atoms. The van der Waals surface area contributed by atoms with E-state index in [9.17, 15) is 4.79 Å². The molecule has 0 bridgehead atoms. The van der Waals surface area contributed by atoms with Gasteiger partial charge in [0.15, 0.2) is 0 Å². The van der Waals surface area contributed by atoms with Crippen molar-refractivity contribution in [1.82, 2.24) is 10.3 Å². The van der Waals surface area contributed by atoms with Gasteiger partial charge < -0.3 is 14.8 Å². The monoisotopic (exact) mass is 412 g/mol. The quantitative estimate of drug-likeness (QED) is 0.475. The van der Waals surface area contributed by atoms with Gasteiger partial charge in [0.25, 0.3) is 5.91 Å². The summed E-state index contributed by atoms with van der Waals surface area (Å²) in [6.07, 6.45) is 3.64. The zero-order chi connectivity index (χ0) is 21.8. The summed E-state index contributed by atoms with van der Waals surface area (Å²) in [4.78, 5) is 16.9. The summed E-state index contributed by atoms with van der Waals surface area (Å²) < 4.78 is 10.5. The largest absolute Gasteiger partial charge is 0.497 e. The van der Waals surface area contributed by atoms with Gasteiger partial charge in [0, 0.05) is 29.9 Å². The van der Waals surface area contributed by atoms with Crippen LogP contribution in [0.1, 0.15) is 21.5 Å². The fraction of sp³-hybridized carbons (Fsp3) is 0.154. The van der Waals surface area contributed by atoms with Crippen molar-refractivity contribution in [2.24, 2.45) is 0 Å². The van der Waals surface area contributed by atoms with Crippen LogP contribution in [0, 0.1) is 6.92 Å². The summed E-state index contributed by atoms with van der Waals surface area (Å²) in [7, 11) is 3.28. The van der Waals surface area contributed by atoms with Crippen LogP contribution in [-0.4, -0.2) is 25.1 Å². The van der Waals surface area contributed by atoms with Crippen molar-refractivity contribution in [1.29, 1.82) is 0 Å². The summed E-state index contributed by atoms with van der Waals surface area (Å²) in [6.45, 7) is 2.45. The van der Waals surface area contributed by atoms with Crippen LogP contribution in [0.15, 0.2) is 73.1 Å². The molecular formula is C26H24N2O3. The number of carbonyl (C=O) groups excluding carboxylic acids is 1. The van der Waals surface area contributed by atoms with Gasteiger partial charge in [-0.2, -0.15) is 0 Å². The van der Waals surface area contributed by atoms with Gasteiger partial charge in [0.05, 0.1) is 14.2 Å². The highest BCUT2D eigenvalue weighted by Gasteiger charge is 2.11. The van der Waals surface area contributed by atoms with E-state index in [4.69, 9.17) is 9.47 Å². The summed E-state index contributed by atoms with van der Waals surface area (Å²) in [6, 6.07) is 19.4. The number of pyridine rings is 1. The number of aromatic nitrogens is 1. The molecule has 1 amide bonds. The Bertz CT molecular complexity index is 1230. The van der Waals surface area contributed by atoms with Crippen LogP contribution in [0.3, 0.4) is 0 Å².